The van der Waals surface area contributed by atoms with Crippen LogP contribution in [0.25, 0.3) is 0 Å². The topological polar surface area (TPSA) is 43.1 Å². The normalized spacial score (nSPS) is 12.1. The Balaban J connectivity index is 2.44. The minimum atomic E-state index is -0.534. The summed E-state index contributed by atoms with van der Waals surface area (Å²) in [6, 6.07) is 12.7. The predicted molar refractivity (Wildman–Crippen MR) is 70.3 cm³/mol. The van der Waals surface area contributed by atoms with Crippen molar-refractivity contribution in [1.29, 1.82) is 0 Å². The molecule has 5 heteroatoms. The Bertz CT molecular complexity index is 574. The summed E-state index contributed by atoms with van der Waals surface area (Å²) in [7, 11) is 0. The summed E-state index contributed by atoms with van der Waals surface area (Å²) in [5.41, 5.74) is 0.985. The lowest BCUT2D eigenvalue weighted by molar-refractivity contribution is -0.385. The Kier molecular flexibility index (Phi) is 3.72. The quantitative estimate of drug-likeness (QED) is 0.484. The van der Waals surface area contributed by atoms with Crippen LogP contribution in [0.5, 0.6) is 0 Å². The Labute approximate surface area is 112 Å². The SMILES string of the molecule is O=[N+]([O-])c1ccc(F)c(C(Br)c2ccccc2)c1. The molecule has 0 aromatic heterocycles. The molecular weight excluding hydrogens is 301 g/mol. The molecule has 0 radical (unpaired) electrons. The van der Waals surface area contributed by atoms with E-state index in [4.69, 9.17) is 0 Å². The molecule has 0 spiro atoms. The summed E-state index contributed by atoms with van der Waals surface area (Å²) < 4.78 is 13.7. The fourth-order valence-corrected chi connectivity index (χ4v) is 2.30. The summed E-state index contributed by atoms with van der Waals surface area (Å²) >= 11 is 3.37. The minimum absolute atomic E-state index is 0.119. The van der Waals surface area contributed by atoms with E-state index < -0.39 is 15.6 Å². The van der Waals surface area contributed by atoms with Crippen molar-refractivity contribution in [1.82, 2.24) is 0 Å². The summed E-state index contributed by atoms with van der Waals surface area (Å²) in [5, 5.41) is 10.7. The molecule has 3 nitrogen and oxygen atoms in total. The van der Waals surface area contributed by atoms with Crippen LogP contribution in [0, 0.1) is 15.9 Å². The molecular formula is C13H9BrFNO2. The van der Waals surface area contributed by atoms with Gasteiger partial charge in [0.25, 0.3) is 5.69 Å². The number of benzene rings is 2. The van der Waals surface area contributed by atoms with Gasteiger partial charge in [0.05, 0.1) is 9.75 Å². The highest BCUT2D eigenvalue weighted by Crippen LogP contribution is 2.34. The van der Waals surface area contributed by atoms with Crippen LogP contribution in [0.3, 0.4) is 0 Å². The molecule has 2 aromatic rings. The highest BCUT2D eigenvalue weighted by Gasteiger charge is 2.18. The zero-order valence-electron chi connectivity index (χ0n) is 9.22. The van der Waals surface area contributed by atoms with E-state index >= 15 is 0 Å². The number of non-ortho nitro benzene ring substituents is 1. The molecule has 0 N–H and O–H groups in total. The lowest BCUT2D eigenvalue weighted by atomic mass is 10.0. The van der Waals surface area contributed by atoms with E-state index in [2.05, 4.69) is 15.9 Å². The number of nitro groups is 1. The van der Waals surface area contributed by atoms with Crippen LogP contribution in [-0.2, 0) is 0 Å². The lowest BCUT2D eigenvalue weighted by Gasteiger charge is -2.11. The van der Waals surface area contributed by atoms with E-state index in [1.807, 2.05) is 30.3 Å². The van der Waals surface area contributed by atoms with E-state index in [1.54, 1.807) is 0 Å². The maximum atomic E-state index is 13.7. The van der Waals surface area contributed by atoms with Gasteiger partial charge < -0.3 is 0 Å². The third kappa shape index (κ3) is 2.56. The van der Waals surface area contributed by atoms with Crippen molar-refractivity contribution in [3.8, 4) is 0 Å². The van der Waals surface area contributed by atoms with Gasteiger partial charge in [-0.3, -0.25) is 10.1 Å². The van der Waals surface area contributed by atoms with E-state index in [1.165, 1.54) is 6.07 Å². The smallest absolute Gasteiger partial charge is 0.258 e. The number of halogens is 2. The molecule has 0 saturated heterocycles. The molecule has 2 rings (SSSR count). The molecule has 0 amide bonds. The second-order valence-corrected chi connectivity index (χ2v) is 4.65. The van der Waals surface area contributed by atoms with Gasteiger partial charge in [0.1, 0.15) is 5.82 Å². The van der Waals surface area contributed by atoms with Crippen LogP contribution in [0.1, 0.15) is 16.0 Å². The van der Waals surface area contributed by atoms with Crippen molar-refractivity contribution >= 4 is 21.6 Å². The van der Waals surface area contributed by atoms with Crippen LogP contribution >= 0.6 is 15.9 Å². The summed E-state index contributed by atoms with van der Waals surface area (Å²) in [6.45, 7) is 0. The highest BCUT2D eigenvalue weighted by atomic mass is 79.9. The largest absolute Gasteiger partial charge is 0.269 e. The number of hydrogen-bond donors (Lipinski definition) is 0. The second-order valence-electron chi connectivity index (χ2n) is 3.74. The van der Waals surface area contributed by atoms with E-state index in [0.717, 1.165) is 17.7 Å². The number of nitro benzene ring substituents is 1. The van der Waals surface area contributed by atoms with E-state index in [0.29, 0.717) is 0 Å². The predicted octanol–water partition coefficient (Wildman–Crippen LogP) is 4.22. The molecule has 2 aromatic carbocycles. The Morgan fingerprint density at radius 3 is 2.44 bits per heavy atom. The Morgan fingerprint density at radius 2 is 1.83 bits per heavy atom. The lowest BCUT2D eigenvalue weighted by Crippen LogP contribution is -1.98. The third-order valence-electron chi connectivity index (χ3n) is 2.56. The number of hydrogen-bond acceptors (Lipinski definition) is 2. The van der Waals surface area contributed by atoms with Gasteiger partial charge in [0.2, 0.25) is 0 Å². The standard InChI is InChI=1S/C13H9BrFNO2/c14-13(9-4-2-1-3-5-9)11-8-10(16(17)18)6-7-12(11)15/h1-8,13H. The third-order valence-corrected chi connectivity index (χ3v) is 3.58. The first-order valence-corrected chi connectivity index (χ1v) is 6.14. The fourth-order valence-electron chi connectivity index (χ4n) is 1.64. The van der Waals surface area contributed by atoms with Gasteiger partial charge in [-0.05, 0) is 11.6 Å². The molecule has 0 saturated carbocycles. The summed E-state index contributed by atoms with van der Waals surface area (Å²) in [5.74, 6) is -0.466. The van der Waals surface area contributed by atoms with E-state index in [-0.39, 0.29) is 11.3 Å². The summed E-state index contributed by atoms with van der Waals surface area (Å²) in [6.07, 6.45) is 0. The molecule has 0 aliphatic carbocycles. The van der Waals surface area contributed by atoms with Crippen LogP contribution < -0.4 is 0 Å². The van der Waals surface area contributed by atoms with Crippen molar-refractivity contribution in [3.05, 3.63) is 75.6 Å². The van der Waals surface area contributed by atoms with Crippen LogP contribution in [-0.4, -0.2) is 4.92 Å². The molecule has 1 atom stereocenters. The highest BCUT2D eigenvalue weighted by molar-refractivity contribution is 9.09. The number of nitrogens with zero attached hydrogens (tertiary/aromatic N) is 1. The molecule has 0 fully saturated rings. The molecule has 0 aliphatic heterocycles. The molecule has 92 valence electrons. The first-order valence-electron chi connectivity index (χ1n) is 5.22. The monoisotopic (exact) mass is 309 g/mol. The Hall–Kier alpha value is -1.75. The van der Waals surface area contributed by atoms with Crippen molar-refractivity contribution in [2.45, 2.75) is 4.83 Å². The molecule has 0 bridgehead atoms. The average molecular weight is 310 g/mol. The second kappa shape index (κ2) is 5.27. The molecule has 1 unspecified atom stereocenters. The number of alkyl halides is 1. The van der Waals surface area contributed by atoms with Gasteiger partial charge in [-0.15, -0.1) is 0 Å². The first-order chi connectivity index (χ1) is 8.59. The minimum Gasteiger partial charge on any atom is -0.258 e. The van der Waals surface area contributed by atoms with Crippen molar-refractivity contribution in [2.24, 2.45) is 0 Å². The maximum Gasteiger partial charge on any atom is 0.269 e. The van der Waals surface area contributed by atoms with Gasteiger partial charge in [-0.2, -0.15) is 0 Å². The van der Waals surface area contributed by atoms with Gasteiger partial charge in [-0.1, -0.05) is 46.3 Å². The summed E-state index contributed by atoms with van der Waals surface area (Å²) in [4.78, 5) is 9.75. The Morgan fingerprint density at radius 1 is 1.17 bits per heavy atom. The number of rotatable bonds is 3. The van der Waals surface area contributed by atoms with E-state index in [9.17, 15) is 14.5 Å². The molecule has 18 heavy (non-hydrogen) atoms. The average Bonchev–Trinajstić information content (AvgIpc) is 2.39. The first kappa shape index (κ1) is 12.7. The molecule has 0 heterocycles. The van der Waals surface area contributed by atoms with Crippen molar-refractivity contribution in [3.63, 3.8) is 0 Å². The fraction of sp³-hybridized carbons (Fsp3) is 0.0769. The zero-order chi connectivity index (χ0) is 13.1. The van der Waals surface area contributed by atoms with Crippen LogP contribution in [0.4, 0.5) is 10.1 Å². The zero-order valence-corrected chi connectivity index (χ0v) is 10.8. The van der Waals surface area contributed by atoms with Gasteiger partial charge >= 0.3 is 0 Å². The van der Waals surface area contributed by atoms with Gasteiger partial charge in [-0.25, -0.2) is 4.39 Å². The van der Waals surface area contributed by atoms with Crippen LogP contribution in [0.15, 0.2) is 48.5 Å². The van der Waals surface area contributed by atoms with Crippen molar-refractivity contribution < 1.29 is 9.31 Å². The van der Waals surface area contributed by atoms with Crippen LogP contribution in [0.2, 0.25) is 0 Å². The van der Waals surface area contributed by atoms with Crippen molar-refractivity contribution in [2.75, 3.05) is 0 Å². The molecule has 0 aliphatic rings. The maximum absolute atomic E-state index is 13.7. The van der Waals surface area contributed by atoms with Gasteiger partial charge in [0, 0.05) is 17.7 Å². The van der Waals surface area contributed by atoms with Gasteiger partial charge in [0.15, 0.2) is 0 Å².